The molecular formula is C17H16F2N2O2. The van der Waals surface area contributed by atoms with Crippen LogP contribution in [0.25, 0.3) is 0 Å². The number of hydrogen-bond acceptors (Lipinski definition) is 2. The number of benzene rings is 2. The van der Waals surface area contributed by atoms with E-state index in [0.717, 1.165) is 17.7 Å². The van der Waals surface area contributed by atoms with Gasteiger partial charge in [0.05, 0.1) is 0 Å². The molecule has 0 unspecified atom stereocenters. The monoisotopic (exact) mass is 318 g/mol. The van der Waals surface area contributed by atoms with Crippen molar-refractivity contribution >= 4 is 23.2 Å². The van der Waals surface area contributed by atoms with Gasteiger partial charge in [-0.1, -0.05) is 26.0 Å². The largest absolute Gasteiger partial charge is 0.318 e. The van der Waals surface area contributed by atoms with Crippen LogP contribution in [0.4, 0.5) is 20.2 Å². The van der Waals surface area contributed by atoms with Gasteiger partial charge in [0.15, 0.2) is 11.6 Å². The van der Waals surface area contributed by atoms with E-state index in [4.69, 9.17) is 0 Å². The molecule has 0 aliphatic carbocycles. The van der Waals surface area contributed by atoms with Gasteiger partial charge in [-0.25, -0.2) is 8.78 Å². The average molecular weight is 318 g/mol. The summed E-state index contributed by atoms with van der Waals surface area (Å²) in [4.78, 5) is 23.5. The van der Waals surface area contributed by atoms with Crippen molar-refractivity contribution in [3.8, 4) is 0 Å². The highest BCUT2D eigenvalue weighted by Crippen LogP contribution is 2.17. The van der Waals surface area contributed by atoms with E-state index in [2.05, 4.69) is 10.6 Å². The predicted molar refractivity (Wildman–Crippen MR) is 84.1 cm³/mol. The summed E-state index contributed by atoms with van der Waals surface area (Å²) >= 11 is 0. The van der Waals surface area contributed by atoms with Crippen molar-refractivity contribution in [3.63, 3.8) is 0 Å². The molecule has 0 radical (unpaired) electrons. The van der Waals surface area contributed by atoms with Gasteiger partial charge in [0.1, 0.15) is 0 Å². The maximum atomic E-state index is 13.1. The van der Waals surface area contributed by atoms with E-state index < -0.39 is 23.4 Å². The fourth-order valence-electron chi connectivity index (χ4n) is 1.90. The van der Waals surface area contributed by atoms with Crippen molar-refractivity contribution < 1.29 is 18.4 Å². The number of amides is 2. The lowest BCUT2D eigenvalue weighted by Crippen LogP contribution is -2.29. The van der Waals surface area contributed by atoms with Gasteiger partial charge in [0, 0.05) is 17.4 Å². The molecule has 23 heavy (non-hydrogen) atoms. The molecule has 0 atom stereocenters. The van der Waals surface area contributed by atoms with E-state index in [0.29, 0.717) is 11.6 Å². The van der Waals surface area contributed by atoms with Crippen molar-refractivity contribution in [2.24, 2.45) is 0 Å². The zero-order chi connectivity index (χ0) is 17.0. The summed E-state index contributed by atoms with van der Waals surface area (Å²) in [7, 11) is 0. The number of rotatable bonds is 3. The number of halogens is 2. The second-order valence-electron chi connectivity index (χ2n) is 5.31. The molecule has 0 bridgehead atoms. The van der Waals surface area contributed by atoms with E-state index >= 15 is 0 Å². The Morgan fingerprint density at radius 3 is 1.87 bits per heavy atom. The molecule has 2 N–H and O–H groups in total. The number of carbonyl (C=O) groups excluding carboxylic acids is 2. The van der Waals surface area contributed by atoms with E-state index in [1.165, 1.54) is 6.07 Å². The van der Waals surface area contributed by atoms with Crippen molar-refractivity contribution in [1.82, 2.24) is 0 Å². The fourth-order valence-corrected chi connectivity index (χ4v) is 1.90. The Balaban J connectivity index is 1.99. The van der Waals surface area contributed by atoms with Gasteiger partial charge < -0.3 is 10.6 Å². The lowest BCUT2D eigenvalue weighted by atomic mass is 10.0. The van der Waals surface area contributed by atoms with Crippen LogP contribution in [-0.2, 0) is 9.59 Å². The first-order valence-corrected chi connectivity index (χ1v) is 7.04. The molecule has 0 heterocycles. The number of hydrogen-bond donors (Lipinski definition) is 2. The molecule has 120 valence electrons. The zero-order valence-electron chi connectivity index (χ0n) is 12.7. The van der Waals surface area contributed by atoms with Gasteiger partial charge in [0.25, 0.3) is 0 Å². The van der Waals surface area contributed by atoms with Crippen LogP contribution < -0.4 is 10.6 Å². The highest BCUT2D eigenvalue weighted by atomic mass is 19.2. The molecule has 2 amide bonds. The van der Waals surface area contributed by atoms with Crippen molar-refractivity contribution in [2.75, 3.05) is 10.6 Å². The Bertz CT molecular complexity index is 728. The standard InChI is InChI=1S/C17H16F2N2O2/c1-10(2)11-3-5-12(6-4-11)20-16(22)17(23)21-13-7-8-14(18)15(19)9-13/h3-10H,1-2H3,(H,20,22)(H,21,23). The number of nitrogens with one attached hydrogen (secondary N) is 2. The van der Waals surface area contributed by atoms with Crippen molar-refractivity contribution in [3.05, 3.63) is 59.7 Å². The lowest BCUT2D eigenvalue weighted by molar-refractivity contribution is -0.133. The average Bonchev–Trinajstić information content (AvgIpc) is 2.51. The lowest BCUT2D eigenvalue weighted by Gasteiger charge is -2.09. The number of anilines is 2. The van der Waals surface area contributed by atoms with E-state index in [9.17, 15) is 18.4 Å². The molecule has 0 saturated carbocycles. The molecular weight excluding hydrogens is 302 g/mol. The molecule has 0 aromatic heterocycles. The minimum Gasteiger partial charge on any atom is -0.318 e. The Kier molecular flexibility index (Phi) is 5.05. The first-order valence-electron chi connectivity index (χ1n) is 7.04. The molecule has 6 heteroatoms. The third-order valence-electron chi connectivity index (χ3n) is 3.22. The highest BCUT2D eigenvalue weighted by Gasteiger charge is 2.15. The minimum absolute atomic E-state index is 0.000735. The second kappa shape index (κ2) is 7.00. The SMILES string of the molecule is CC(C)c1ccc(NC(=O)C(=O)Nc2ccc(F)c(F)c2)cc1. The zero-order valence-corrected chi connectivity index (χ0v) is 12.7. The maximum absolute atomic E-state index is 13.1. The fraction of sp³-hybridized carbons (Fsp3) is 0.176. The van der Waals surface area contributed by atoms with Crippen LogP contribution in [0, 0.1) is 11.6 Å². The number of carbonyl (C=O) groups is 2. The summed E-state index contributed by atoms with van der Waals surface area (Å²) in [6, 6.07) is 9.93. The molecule has 0 saturated heterocycles. The van der Waals surface area contributed by atoms with Crippen LogP contribution in [-0.4, -0.2) is 11.8 Å². The summed E-state index contributed by atoms with van der Waals surface area (Å²) in [5, 5.41) is 4.64. The molecule has 0 aliphatic rings. The molecule has 0 spiro atoms. The smallest absolute Gasteiger partial charge is 0.314 e. The summed E-state index contributed by atoms with van der Waals surface area (Å²) in [6.45, 7) is 4.09. The van der Waals surface area contributed by atoms with Crippen LogP contribution in [0.3, 0.4) is 0 Å². The molecule has 2 aromatic rings. The summed E-state index contributed by atoms with van der Waals surface area (Å²) in [5.74, 6) is -3.64. The quantitative estimate of drug-likeness (QED) is 0.849. The van der Waals surface area contributed by atoms with E-state index in [1.807, 2.05) is 26.0 Å². The second-order valence-corrected chi connectivity index (χ2v) is 5.31. The Hall–Kier alpha value is -2.76. The highest BCUT2D eigenvalue weighted by molar-refractivity contribution is 6.43. The maximum Gasteiger partial charge on any atom is 0.314 e. The molecule has 2 aromatic carbocycles. The first kappa shape index (κ1) is 16.6. The topological polar surface area (TPSA) is 58.2 Å². The minimum atomic E-state index is -1.10. The van der Waals surface area contributed by atoms with Crippen molar-refractivity contribution in [2.45, 2.75) is 19.8 Å². The van der Waals surface area contributed by atoms with Gasteiger partial charge in [-0.3, -0.25) is 9.59 Å². The molecule has 2 rings (SSSR count). The normalized spacial score (nSPS) is 10.5. The van der Waals surface area contributed by atoms with Gasteiger partial charge in [-0.05, 0) is 35.7 Å². The third-order valence-corrected chi connectivity index (χ3v) is 3.22. The van der Waals surface area contributed by atoms with Gasteiger partial charge in [0.2, 0.25) is 0 Å². The summed E-state index contributed by atoms with van der Waals surface area (Å²) < 4.78 is 25.9. The molecule has 0 aliphatic heterocycles. The third kappa shape index (κ3) is 4.35. The molecule has 4 nitrogen and oxygen atoms in total. The van der Waals surface area contributed by atoms with Crippen LogP contribution in [0.1, 0.15) is 25.3 Å². The van der Waals surface area contributed by atoms with E-state index in [1.54, 1.807) is 12.1 Å². The Morgan fingerprint density at radius 2 is 1.35 bits per heavy atom. The van der Waals surface area contributed by atoms with Gasteiger partial charge in [-0.2, -0.15) is 0 Å². The van der Waals surface area contributed by atoms with Crippen LogP contribution in [0.15, 0.2) is 42.5 Å². The molecule has 0 fully saturated rings. The van der Waals surface area contributed by atoms with Crippen LogP contribution in [0.5, 0.6) is 0 Å². The first-order chi connectivity index (χ1) is 10.9. The Labute approximate surface area is 132 Å². The van der Waals surface area contributed by atoms with Crippen LogP contribution >= 0.6 is 0 Å². The van der Waals surface area contributed by atoms with E-state index in [-0.39, 0.29) is 5.69 Å². The van der Waals surface area contributed by atoms with Crippen LogP contribution in [0.2, 0.25) is 0 Å². The predicted octanol–water partition coefficient (Wildman–Crippen LogP) is 3.67. The van der Waals surface area contributed by atoms with Gasteiger partial charge >= 0.3 is 11.8 Å². The van der Waals surface area contributed by atoms with Gasteiger partial charge in [-0.15, -0.1) is 0 Å². The van der Waals surface area contributed by atoms with Crippen molar-refractivity contribution in [1.29, 1.82) is 0 Å². The Morgan fingerprint density at radius 1 is 0.826 bits per heavy atom. The summed E-state index contributed by atoms with van der Waals surface area (Å²) in [5.41, 5.74) is 1.58. The summed E-state index contributed by atoms with van der Waals surface area (Å²) in [6.07, 6.45) is 0.